The highest BCUT2D eigenvalue weighted by Crippen LogP contribution is 2.24. The number of rotatable bonds is 10. The Hall–Kier alpha value is -0.260. The molecule has 1 aliphatic rings. The molecule has 0 aromatic carbocycles. The fourth-order valence-electron chi connectivity index (χ4n) is 1.94. The third-order valence-corrected chi connectivity index (χ3v) is 3.09. The van der Waals surface area contributed by atoms with E-state index in [-0.39, 0.29) is 0 Å². The van der Waals surface area contributed by atoms with Gasteiger partial charge in [0.2, 0.25) is 0 Å². The van der Waals surface area contributed by atoms with Crippen LogP contribution in [0.15, 0.2) is 11.6 Å². The molecule has 1 rings (SSSR count). The normalized spacial score (nSPS) is 14.2. The van der Waals surface area contributed by atoms with Crippen molar-refractivity contribution in [2.24, 2.45) is 0 Å². The second kappa shape index (κ2) is 8.08. The van der Waals surface area contributed by atoms with Crippen molar-refractivity contribution < 1.29 is 0 Å². The quantitative estimate of drug-likeness (QED) is 0.329. The summed E-state index contributed by atoms with van der Waals surface area (Å²) in [5.41, 5.74) is 1.72. The Kier molecular flexibility index (Phi) is 6.82. The monoisotopic (exact) mass is 194 g/mol. The van der Waals surface area contributed by atoms with Gasteiger partial charge in [0.15, 0.2) is 0 Å². The SMILES string of the molecule is CCCCCCCCCCCC1=CC1. The molecule has 0 saturated heterocycles. The summed E-state index contributed by atoms with van der Waals surface area (Å²) in [7, 11) is 0. The van der Waals surface area contributed by atoms with Gasteiger partial charge in [-0.15, -0.1) is 0 Å². The largest absolute Gasteiger partial charge is 0.0810 e. The van der Waals surface area contributed by atoms with E-state index < -0.39 is 0 Å². The first-order valence-electron chi connectivity index (χ1n) is 6.61. The summed E-state index contributed by atoms with van der Waals surface area (Å²) in [5, 5.41) is 0. The van der Waals surface area contributed by atoms with E-state index in [1.54, 1.807) is 5.57 Å². The molecule has 0 N–H and O–H groups in total. The van der Waals surface area contributed by atoms with E-state index in [1.807, 2.05) is 0 Å². The van der Waals surface area contributed by atoms with E-state index in [0.29, 0.717) is 0 Å². The van der Waals surface area contributed by atoms with Crippen LogP contribution in [0.3, 0.4) is 0 Å². The number of hydrogen-bond donors (Lipinski definition) is 0. The van der Waals surface area contributed by atoms with Crippen LogP contribution in [-0.2, 0) is 0 Å². The van der Waals surface area contributed by atoms with Crippen LogP contribution >= 0.6 is 0 Å². The lowest BCUT2D eigenvalue weighted by Crippen LogP contribution is -1.81. The van der Waals surface area contributed by atoms with Gasteiger partial charge in [0.05, 0.1) is 0 Å². The van der Waals surface area contributed by atoms with E-state index >= 15 is 0 Å². The summed E-state index contributed by atoms with van der Waals surface area (Å²) >= 11 is 0. The second-order valence-corrected chi connectivity index (χ2v) is 4.64. The van der Waals surface area contributed by atoms with E-state index in [4.69, 9.17) is 0 Å². The molecular formula is C14H26. The van der Waals surface area contributed by atoms with Crippen molar-refractivity contribution in [2.45, 2.75) is 77.6 Å². The molecule has 1 aliphatic carbocycles. The standard InChI is InChI=1S/C14H26/c1-2-3-4-5-6-7-8-9-10-11-14-12-13-14/h12H,2-11,13H2,1H3. The Morgan fingerprint density at radius 2 is 1.36 bits per heavy atom. The molecule has 0 heteroatoms. The lowest BCUT2D eigenvalue weighted by molar-refractivity contribution is 0.565. The highest BCUT2D eigenvalue weighted by molar-refractivity contribution is 5.21. The second-order valence-electron chi connectivity index (χ2n) is 4.64. The van der Waals surface area contributed by atoms with Gasteiger partial charge in [-0.3, -0.25) is 0 Å². The summed E-state index contributed by atoms with van der Waals surface area (Å²) in [4.78, 5) is 0. The average Bonchev–Trinajstić information content (AvgIpc) is 2.99. The van der Waals surface area contributed by atoms with Gasteiger partial charge in [-0.25, -0.2) is 0 Å². The molecule has 0 amide bonds. The van der Waals surface area contributed by atoms with Crippen LogP contribution in [0.1, 0.15) is 77.6 Å². The maximum Gasteiger partial charge on any atom is -0.0136 e. The Labute approximate surface area is 89.8 Å². The van der Waals surface area contributed by atoms with Crippen molar-refractivity contribution in [3.63, 3.8) is 0 Å². The maximum absolute atomic E-state index is 2.37. The van der Waals surface area contributed by atoms with Crippen LogP contribution in [0.25, 0.3) is 0 Å². The average molecular weight is 194 g/mol. The summed E-state index contributed by atoms with van der Waals surface area (Å²) in [6.07, 6.45) is 18.2. The first-order chi connectivity index (χ1) is 6.93. The van der Waals surface area contributed by atoms with Gasteiger partial charge in [0.25, 0.3) is 0 Å². The molecule has 0 radical (unpaired) electrons. The van der Waals surface area contributed by atoms with E-state index in [0.717, 1.165) is 0 Å². The van der Waals surface area contributed by atoms with Crippen LogP contribution in [-0.4, -0.2) is 0 Å². The smallest absolute Gasteiger partial charge is 0.0136 e. The van der Waals surface area contributed by atoms with Gasteiger partial charge in [-0.2, -0.15) is 0 Å². The molecule has 0 aliphatic heterocycles. The Balaban J connectivity index is 1.65. The lowest BCUT2D eigenvalue weighted by Gasteiger charge is -2.00. The minimum Gasteiger partial charge on any atom is -0.0810 e. The minimum atomic E-state index is 1.33. The van der Waals surface area contributed by atoms with E-state index in [2.05, 4.69) is 13.0 Å². The molecule has 0 bridgehead atoms. The van der Waals surface area contributed by atoms with Crippen LogP contribution in [0.5, 0.6) is 0 Å². The minimum absolute atomic E-state index is 1.33. The van der Waals surface area contributed by atoms with Crippen molar-refractivity contribution in [1.29, 1.82) is 0 Å². The number of unbranched alkanes of at least 4 members (excludes halogenated alkanes) is 8. The number of allylic oxidation sites excluding steroid dienone is 2. The molecular weight excluding hydrogens is 168 g/mol. The molecule has 82 valence electrons. The first-order valence-corrected chi connectivity index (χ1v) is 6.61. The summed E-state index contributed by atoms with van der Waals surface area (Å²) < 4.78 is 0. The summed E-state index contributed by atoms with van der Waals surface area (Å²) in [6.45, 7) is 2.28. The molecule has 0 unspecified atom stereocenters. The Morgan fingerprint density at radius 1 is 0.857 bits per heavy atom. The van der Waals surface area contributed by atoms with Crippen molar-refractivity contribution in [3.05, 3.63) is 11.6 Å². The summed E-state index contributed by atoms with van der Waals surface area (Å²) in [6, 6.07) is 0. The number of hydrogen-bond acceptors (Lipinski definition) is 0. The van der Waals surface area contributed by atoms with Gasteiger partial charge in [-0.1, -0.05) is 69.9 Å². The van der Waals surface area contributed by atoms with E-state index in [1.165, 1.54) is 70.6 Å². The van der Waals surface area contributed by atoms with Gasteiger partial charge < -0.3 is 0 Å². The zero-order valence-electron chi connectivity index (χ0n) is 9.86. The molecule has 0 aromatic rings. The van der Waals surface area contributed by atoms with Crippen LogP contribution in [0.2, 0.25) is 0 Å². The lowest BCUT2D eigenvalue weighted by atomic mass is 10.1. The van der Waals surface area contributed by atoms with Gasteiger partial charge in [0.1, 0.15) is 0 Å². The Bertz CT molecular complexity index is 155. The van der Waals surface area contributed by atoms with Gasteiger partial charge in [-0.05, 0) is 19.3 Å². The predicted octanol–water partition coefficient (Wildman–Crippen LogP) is 5.24. The summed E-state index contributed by atoms with van der Waals surface area (Å²) in [5.74, 6) is 0. The third-order valence-electron chi connectivity index (χ3n) is 3.09. The molecule has 0 atom stereocenters. The molecule has 0 saturated carbocycles. The topological polar surface area (TPSA) is 0 Å². The van der Waals surface area contributed by atoms with Crippen LogP contribution in [0.4, 0.5) is 0 Å². The maximum atomic E-state index is 2.37. The molecule has 0 spiro atoms. The predicted molar refractivity (Wildman–Crippen MR) is 64.5 cm³/mol. The molecule has 0 aromatic heterocycles. The molecule has 0 heterocycles. The molecule has 14 heavy (non-hydrogen) atoms. The van der Waals surface area contributed by atoms with Gasteiger partial charge >= 0.3 is 0 Å². The highest BCUT2D eigenvalue weighted by Gasteiger charge is 2.04. The van der Waals surface area contributed by atoms with Crippen LogP contribution < -0.4 is 0 Å². The third kappa shape index (κ3) is 7.17. The first kappa shape index (κ1) is 11.8. The zero-order valence-corrected chi connectivity index (χ0v) is 9.86. The fourth-order valence-corrected chi connectivity index (χ4v) is 1.94. The van der Waals surface area contributed by atoms with Crippen molar-refractivity contribution in [2.75, 3.05) is 0 Å². The molecule has 0 nitrogen and oxygen atoms in total. The molecule has 0 fully saturated rings. The van der Waals surface area contributed by atoms with Crippen LogP contribution in [0, 0.1) is 0 Å². The zero-order chi connectivity index (χ0) is 10.1. The van der Waals surface area contributed by atoms with Gasteiger partial charge in [0, 0.05) is 0 Å². The van der Waals surface area contributed by atoms with Crippen molar-refractivity contribution in [3.8, 4) is 0 Å². The fraction of sp³-hybridized carbons (Fsp3) is 0.857. The van der Waals surface area contributed by atoms with Crippen molar-refractivity contribution >= 4 is 0 Å². The highest BCUT2D eigenvalue weighted by atomic mass is 14.1. The van der Waals surface area contributed by atoms with Crippen molar-refractivity contribution in [1.82, 2.24) is 0 Å². The van der Waals surface area contributed by atoms with E-state index in [9.17, 15) is 0 Å². The Morgan fingerprint density at radius 3 is 1.86 bits per heavy atom.